The highest BCUT2D eigenvalue weighted by Crippen LogP contribution is 2.18. The zero-order valence-electron chi connectivity index (χ0n) is 14.0. The number of halogens is 1. The summed E-state index contributed by atoms with van der Waals surface area (Å²) in [7, 11) is 1.71. The lowest BCUT2D eigenvalue weighted by molar-refractivity contribution is 0.195. The Morgan fingerprint density at radius 2 is 2.09 bits per heavy atom. The first kappa shape index (κ1) is 21.7. The molecule has 0 radical (unpaired) electrons. The maximum absolute atomic E-state index is 5.65. The molecule has 130 valence electrons. The summed E-state index contributed by atoms with van der Waals surface area (Å²) >= 11 is 0. The van der Waals surface area contributed by atoms with E-state index in [1.54, 1.807) is 13.2 Å². The number of para-hydroxylation sites is 1. The zero-order valence-corrected chi connectivity index (χ0v) is 16.3. The van der Waals surface area contributed by atoms with Crippen molar-refractivity contribution in [2.24, 2.45) is 4.99 Å². The summed E-state index contributed by atoms with van der Waals surface area (Å²) in [6.45, 7) is 9.17. The molecule has 23 heavy (non-hydrogen) atoms. The van der Waals surface area contributed by atoms with Gasteiger partial charge in [0.2, 0.25) is 0 Å². The fourth-order valence-corrected chi connectivity index (χ4v) is 1.85. The lowest BCUT2D eigenvalue weighted by Gasteiger charge is -2.12. The molecule has 0 unspecified atom stereocenters. The van der Waals surface area contributed by atoms with Crippen LogP contribution in [-0.2, 0) is 11.3 Å². The minimum atomic E-state index is 0. The van der Waals surface area contributed by atoms with Crippen molar-refractivity contribution < 1.29 is 9.47 Å². The average molecular weight is 433 g/mol. The third kappa shape index (κ3) is 9.45. The van der Waals surface area contributed by atoms with Crippen LogP contribution in [0.2, 0.25) is 0 Å². The molecule has 1 rings (SSSR count). The fraction of sp³-hybridized carbons (Fsp3) is 0.471. The number of aliphatic imine (C=N–C) groups is 1. The van der Waals surface area contributed by atoms with E-state index < -0.39 is 0 Å². The van der Waals surface area contributed by atoms with Crippen molar-refractivity contribution >= 4 is 29.9 Å². The summed E-state index contributed by atoms with van der Waals surface area (Å²) < 4.78 is 10.7. The molecule has 1 aromatic rings. The Labute approximate surface area is 156 Å². The Morgan fingerprint density at radius 1 is 1.30 bits per heavy atom. The molecule has 6 heteroatoms. The molecule has 0 aliphatic rings. The van der Waals surface area contributed by atoms with Crippen molar-refractivity contribution in [2.75, 3.05) is 33.4 Å². The van der Waals surface area contributed by atoms with E-state index in [4.69, 9.17) is 9.47 Å². The first-order valence-electron chi connectivity index (χ1n) is 7.64. The van der Waals surface area contributed by atoms with Gasteiger partial charge in [-0.3, -0.25) is 0 Å². The minimum Gasteiger partial charge on any atom is -0.489 e. The van der Waals surface area contributed by atoms with Gasteiger partial charge in [-0.2, -0.15) is 0 Å². The van der Waals surface area contributed by atoms with Crippen molar-refractivity contribution in [2.45, 2.75) is 19.9 Å². The average Bonchev–Trinajstić information content (AvgIpc) is 2.55. The van der Waals surface area contributed by atoms with Crippen LogP contribution in [0.4, 0.5) is 0 Å². The number of hydrogen-bond acceptors (Lipinski definition) is 3. The van der Waals surface area contributed by atoms with E-state index in [1.807, 2.05) is 31.2 Å². The van der Waals surface area contributed by atoms with Gasteiger partial charge in [-0.15, -0.1) is 24.0 Å². The largest absolute Gasteiger partial charge is 0.489 e. The van der Waals surface area contributed by atoms with E-state index >= 15 is 0 Å². The number of ether oxygens (including phenoxy) is 2. The van der Waals surface area contributed by atoms with Crippen LogP contribution >= 0.6 is 24.0 Å². The number of benzene rings is 1. The van der Waals surface area contributed by atoms with E-state index in [0.29, 0.717) is 13.2 Å². The number of guanidine groups is 1. The normalized spacial score (nSPS) is 10.6. The van der Waals surface area contributed by atoms with Crippen molar-refractivity contribution in [3.8, 4) is 5.75 Å². The van der Waals surface area contributed by atoms with Gasteiger partial charge < -0.3 is 20.1 Å². The molecule has 1 aromatic carbocycles. The Kier molecular flexibility index (Phi) is 13.5. The second kappa shape index (κ2) is 14.3. The van der Waals surface area contributed by atoms with Gasteiger partial charge in [-0.25, -0.2) is 4.99 Å². The lowest BCUT2D eigenvalue weighted by atomic mass is 10.2. The van der Waals surface area contributed by atoms with Crippen molar-refractivity contribution in [3.05, 3.63) is 42.5 Å². The van der Waals surface area contributed by atoms with Crippen molar-refractivity contribution in [1.82, 2.24) is 10.6 Å². The number of rotatable bonds is 10. The molecule has 0 aliphatic heterocycles. The van der Waals surface area contributed by atoms with Crippen LogP contribution in [0.1, 0.15) is 18.9 Å². The molecule has 0 bridgehead atoms. The topological polar surface area (TPSA) is 54.9 Å². The summed E-state index contributed by atoms with van der Waals surface area (Å²) in [4.78, 5) is 4.60. The quantitative estimate of drug-likeness (QED) is 0.196. The molecule has 2 N–H and O–H groups in total. The Bertz CT molecular complexity index is 467. The first-order chi connectivity index (χ1) is 10.8. The standard InChI is InChI=1S/C17H27N3O2.HI/c1-4-12-22-16-10-7-6-9-15(16)14-20-17(18-5-2)19-11-8-13-21-3;/h4,6-7,9-10H,1,5,8,11-14H2,2-3H3,(H2,18,19,20);1H. The molecule has 0 saturated carbocycles. The highest BCUT2D eigenvalue weighted by molar-refractivity contribution is 14.0. The highest BCUT2D eigenvalue weighted by atomic mass is 127. The van der Waals surface area contributed by atoms with Crippen LogP contribution in [0.15, 0.2) is 41.9 Å². The molecule has 0 aliphatic carbocycles. The van der Waals surface area contributed by atoms with Crippen LogP contribution in [-0.4, -0.2) is 39.4 Å². The molecule has 5 nitrogen and oxygen atoms in total. The lowest BCUT2D eigenvalue weighted by Crippen LogP contribution is -2.38. The zero-order chi connectivity index (χ0) is 16.0. The first-order valence-corrected chi connectivity index (χ1v) is 7.64. The van der Waals surface area contributed by atoms with Crippen molar-refractivity contribution in [1.29, 1.82) is 0 Å². The molecule has 0 spiro atoms. The highest BCUT2D eigenvalue weighted by Gasteiger charge is 2.03. The predicted octanol–water partition coefficient (Wildman–Crippen LogP) is 2.96. The van der Waals surface area contributed by atoms with Gasteiger partial charge in [0.25, 0.3) is 0 Å². The van der Waals surface area contributed by atoms with Gasteiger partial charge in [0.1, 0.15) is 12.4 Å². The summed E-state index contributed by atoms with van der Waals surface area (Å²) in [5, 5.41) is 6.52. The summed E-state index contributed by atoms with van der Waals surface area (Å²) in [6, 6.07) is 7.92. The van der Waals surface area contributed by atoms with E-state index in [2.05, 4.69) is 22.2 Å². The maximum Gasteiger partial charge on any atom is 0.191 e. The molecular formula is C17H28IN3O2. The van der Waals surface area contributed by atoms with Crippen LogP contribution in [0.3, 0.4) is 0 Å². The monoisotopic (exact) mass is 433 g/mol. The molecule has 0 fully saturated rings. The van der Waals surface area contributed by atoms with Crippen molar-refractivity contribution in [3.63, 3.8) is 0 Å². The predicted molar refractivity (Wildman–Crippen MR) is 107 cm³/mol. The molecule has 0 aromatic heterocycles. The number of hydrogen-bond donors (Lipinski definition) is 2. The van der Waals surface area contributed by atoms with Gasteiger partial charge in [-0.1, -0.05) is 30.9 Å². The SMILES string of the molecule is C=CCOc1ccccc1CN=C(NCC)NCCCOC.I. The molecule has 0 atom stereocenters. The fourth-order valence-electron chi connectivity index (χ4n) is 1.85. The molecule has 0 heterocycles. The molecular weight excluding hydrogens is 405 g/mol. The number of methoxy groups -OCH3 is 1. The third-order valence-electron chi connectivity index (χ3n) is 2.90. The smallest absolute Gasteiger partial charge is 0.191 e. The second-order valence-corrected chi connectivity index (χ2v) is 4.68. The van der Waals surface area contributed by atoms with E-state index in [1.165, 1.54) is 0 Å². The van der Waals surface area contributed by atoms with Crippen LogP contribution < -0.4 is 15.4 Å². The van der Waals surface area contributed by atoms with Crippen LogP contribution in [0.5, 0.6) is 5.75 Å². The van der Waals surface area contributed by atoms with Gasteiger partial charge in [-0.05, 0) is 19.4 Å². The molecule has 0 amide bonds. The third-order valence-corrected chi connectivity index (χ3v) is 2.90. The van der Waals surface area contributed by atoms with Gasteiger partial charge in [0.05, 0.1) is 6.54 Å². The Morgan fingerprint density at radius 3 is 2.78 bits per heavy atom. The van der Waals surface area contributed by atoms with E-state index in [-0.39, 0.29) is 24.0 Å². The van der Waals surface area contributed by atoms with Gasteiger partial charge in [0, 0.05) is 32.4 Å². The number of nitrogens with zero attached hydrogens (tertiary/aromatic N) is 1. The summed E-state index contributed by atoms with van der Waals surface area (Å²) in [5.74, 6) is 1.65. The number of nitrogens with one attached hydrogen (secondary N) is 2. The van der Waals surface area contributed by atoms with Crippen LogP contribution in [0, 0.1) is 0 Å². The maximum atomic E-state index is 5.65. The molecule has 0 saturated heterocycles. The minimum absolute atomic E-state index is 0. The Balaban J connectivity index is 0.00000484. The summed E-state index contributed by atoms with van der Waals surface area (Å²) in [5.41, 5.74) is 1.05. The van der Waals surface area contributed by atoms with Crippen LogP contribution in [0.25, 0.3) is 0 Å². The van der Waals surface area contributed by atoms with E-state index in [9.17, 15) is 0 Å². The van der Waals surface area contributed by atoms with E-state index in [0.717, 1.165) is 43.4 Å². The van der Waals surface area contributed by atoms with Gasteiger partial charge in [0.15, 0.2) is 5.96 Å². The van der Waals surface area contributed by atoms with Gasteiger partial charge >= 0.3 is 0 Å². The summed E-state index contributed by atoms with van der Waals surface area (Å²) in [6.07, 6.45) is 2.68. The second-order valence-electron chi connectivity index (χ2n) is 4.68. The Hall–Kier alpha value is -1.28.